The van der Waals surface area contributed by atoms with Crippen LogP contribution in [0.4, 0.5) is 4.39 Å². The Balaban J connectivity index is 1.34. The molecule has 4 rings (SSSR count). The molecular weight excluding hydrogens is 411 g/mol. The molecule has 0 bridgehead atoms. The molecule has 4 aromatic rings. The molecule has 1 N–H and O–H groups in total. The van der Waals surface area contributed by atoms with E-state index in [-0.39, 0.29) is 16.7 Å². The summed E-state index contributed by atoms with van der Waals surface area (Å²) in [6, 6.07) is 15.8. The highest BCUT2D eigenvalue weighted by Crippen LogP contribution is 2.24. The fraction of sp³-hybridized carbons (Fsp3) is 0.105. The number of rotatable bonds is 7. The van der Waals surface area contributed by atoms with Gasteiger partial charge in [-0.3, -0.25) is 9.36 Å². The Morgan fingerprint density at radius 2 is 1.86 bits per heavy atom. The predicted octanol–water partition coefficient (Wildman–Crippen LogP) is 3.48. The number of nitrogens with zero attached hydrogens (tertiary/aromatic N) is 5. The third-order valence-corrected chi connectivity index (χ3v) is 5.96. The lowest BCUT2D eigenvalue weighted by atomic mass is 10.2. The van der Waals surface area contributed by atoms with Crippen molar-refractivity contribution in [3.8, 4) is 5.69 Å². The zero-order valence-corrected chi connectivity index (χ0v) is 16.7. The Kier molecular flexibility index (Phi) is 5.92. The summed E-state index contributed by atoms with van der Waals surface area (Å²) in [5.41, 5.74) is 1.78. The number of amides is 1. The first-order valence-corrected chi connectivity index (χ1v) is 10.4. The van der Waals surface area contributed by atoms with Crippen molar-refractivity contribution in [1.82, 2.24) is 30.3 Å². The molecule has 7 nitrogen and oxygen atoms in total. The molecule has 29 heavy (non-hydrogen) atoms. The molecule has 0 unspecified atom stereocenters. The van der Waals surface area contributed by atoms with E-state index >= 15 is 0 Å². The third-order valence-electron chi connectivity index (χ3n) is 3.90. The lowest BCUT2D eigenvalue weighted by Crippen LogP contribution is -2.22. The Morgan fingerprint density at radius 3 is 2.66 bits per heavy atom. The second-order valence-electron chi connectivity index (χ2n) is 5.92. The lowest BCUT2D eigenvalue weighted by molar-refractivity contribution is 0.0950. The van der Waals surface area contributed by atoms with Gasteiger partial charge >= 0.3 is 0 Å². The molecule has 0 aliphatic heterocycles. The van der Waals surface area contributed by atoms with Gasteiger partial charge in [0.05, 0.1) is 5.75 Å². The maximum atomic E-state index is 12.9. The number of carbonyl (C=O) groups is 1. The summed E-state index contributed by atoms with van der Waals surface area (Å²) < 4.78 is 14.8. The average molecular weight is 427 g/mol. The SMILES string of the molecule is O=C(NCc1ccc(F)cc1)c1nnc(CSc2nncn2-c2ccccc2)s1. The van der Waals surface area contributed by atoms with Crippen molar-refractivity contribution < 1.29 is 9.18 Å². The molecule has 10 heteroatoms. The van der Waals surface area contributed by atoms with Gasteiger partial charge in [-0.15, -0.1) is 20.4 Å². The summed E-state index contributed by atoms with van der Waals surface area (Å²) in [4.78, 5) is 12.3. The van der Waals surface area contributed by atoms with E-state index in [0.29, 0.717) is 17.3 Å². The van der Waals surface area contributed by atoms with Crippen LogP contribution in [0.2, 0.25) is 0 Å². The van der Waals surface area contributed by atoms with Crippen LogP contribution in [0.5, 0.6) is 0 Å². The van der Waals surface area contributed by atoms with Crippen LogP contribution in [-0.4, -0.2) is 30.9 Å². The van der Waals surface area contributed by atoms with Gasteiger partial charge in [-0.25, -0.2) is 4.39 Å². The summed E-state index contributed by atoms with van der Waals surface area (Å²) in [5, 5.41) is 20.7. The van der Waals surface area contributed by atoms with Gasteiger partial charge in [0.25, 0.3) is 5.91 Å². The van der Waals surface area contributed by atoms with Gasteiger partial charge < -0.3 is 5.32 Å². The van der Waals surface area contributed by atoms with E-state index < -0.39 is 0 Å². The minimum Gasteiger partial charge on any atom is -0.346 e. The second kappa shape index (κ2) is 8.93. The molecule has 2 aromatic carbocycles. The van der Waals surface area contributed by atoms with Gasteiger partial charge in [0.15, 0.2) is 5.16 Å². The monoisotopic (exact) mass is 426 g/mol. The molecule has 146 valence electrons. The number of hydrogen-bond acceptors (Lipinski definition) is 7. The smallest absolute Gasteiger partial charge is 0.282 e. The van der Waals surface area contributed by atoms with Crippen molar-refractivity contribution in [3.63, 3.8) is 0 Å². The minimum absolute atomic E-state index is 0.284. The number of hydrogen-bond donors (Lipinski definition) is 1. The maximum absolute atomic E-state index is 12.9. The highest BCUT2D eigenvalue weighted by Gasteiger charge is 2.14. The van der Waals surface area contributed by atoms with E-state index in [2.05, 4.69) is 25.7 Å². The van der Waals surface area contributed by atoms with Crippen molar-refractivity contribution in [1.29, 1.82) is 0 Å². The van der Waals surface area contributed by atoms with Crippen molar-refractivity contribution in [2.45, 2.75) is 17.5 Å². The number of thioether (sulfide) groups is 1. The zero-order valence-electron chi connectivity index (χ0n) is 15.0. The van der Waals surface area contributed by atoms with Crippen LogP contribution in [0.1, 0.15) is 20.4 Å². The van der Waals surface area contributed by atoms with Gasteiger partial charge in [-0.05, 0) is 29.8 Å². The predicted molar refractivity (Wildman–Crippen MR) is 108 cm³/mol. The molecule has 0 spiro atoms. The molecular formula is C19H15FN6OS2. The summed E-state index contributed by atoms with van der Waals surface area (Å²) in [6.07, 6.45) is 1.66. The van der Waals surface area contributed by atoms with Gasteiger partial charge in [0, 0.05) is 12.2 Å². The van der Waals surface area contributed by atoms with Gasteiger partial charge in [-0.2, -0.15) is 0 Å². The molecule has 2 heterocycles. The second-order valence-corrected chi connectivity index (χ2v) is 7.92. The Labute approximate surface area is 174 Å². The standard InChI is InChI=1S/C19H15FN6OS2/c20-14-8-6-13(7-9-14)10-21-17(27)18-24-23-16(29-18)11-28-19-25-22-12-26(19)15-4-2-1-3-5-15/h1-9,12H,10-11H2,(H,21,27). The Bertz CT molecular complexity index is 1100. The summed E-state index contributed by atoms with van der Waals surface area (Å²) in [6.45, 7) is 0.295. The van der Waals surface area contributed by atoms with Crippen LogP contribution < -0.4 is 5.32 Å². The Morgan fingerprint density at radius 1 is 1.07 bits per heavy atom. The summed E-state index contributed by atoms with van der Waals surface area (Å²) in [7, 11) is 0. The molecule has 0 saturated heterocycles. The fourth-order valence-corrected chi connectivity index (χ4v) is 4.15. The molecule has 0 saturated carbocycles. The van der Waals surface area contributed by atoms with E-state index in [0.717, 1.165) is 16.4 Å². The van der Waals surface area contributed by atoms with Crippen LogP contribution in [0, 0.1) is 5.82 Å². The molecule has 0 aliphatic carbocycles. The third kappa shape index (κ3) is 4.84. The Hall–Kier alpha value is -3.11. The number of benzene rings is 2. The number of carbonyl (C=O) groups excluding carboxylic acids is 1. The summed E-state index contributed by atoms with van der Waals surface area (Å²) >= 11 is 2.70. The fourth-order valence-electron chi connectivity index (χ4n) is 2.48. The van der Waals surface area contributed by atoms with Crippen molar-refractivity contribution >= 4 is 29.0 Å². The molecule has 0 radical (unpaired) electrons. The number of para-hydroxylation sites is 1. The first-order valence-electron chi connectivity index (χ1n) is 8.62. The average Bonchev–Trinajstić information content (AvgIpc) is 3.42. The highest BCUT2D eigenvalue weighted by atomic mass is 32.2. The molecule has 0 fully saturated rings. The first-order chi connectivity index (χ1) is 14.2. The van der Waals surface area contributed by atoms with E-state index in [1.54, 1.807) is 18.5 Å². The van der Waals surface area contributed by atoms with Gasteiger partial charge in [0.2, 0.25) is 5.01 Å². The molecule has 0 aliphatic rings. The maximum Gasteiger partial charge on any atom is 0.282 e. The topological polar surface area (TPSA) is 85.6 Å². The van der Waals surface area contributed by atoms with E-state index in [1.165, 1.54) is 35.2 Å². The molecule has 0 atom stereocenters. The number of halogens is 1. The lowest BCUT2D eigenvalue weighted by Gasteiger charge is -2.04. The van der Waals surface area contributed by atoms with E-state index in [9.17, 15) is 9.18 Å². The van der Waals surface area contributed by atoms with Crippen LogP contribution in [-0.2, 0) is 12.3 Å². The summed E-state index contributed by atoms with van der Waals surface area (Å²) in [5.74, 6) is -0.0981. The highest BCUT2D eigenvalue weighted by molar-refractivity contribution is 7.98. The van der Waals surface area contributed by atoms with Crippen molar-refractivity contribution in [2.24, 2.45) is 0 Å². The largest absolute Gasteiger partial charge is 0.346 e. The molecule has 1 amide bonds. The van der Waals surface area contributed by atoms with Gasteiger partial charge in [-0.1, -0.05) is 53.4 Å². The van der Waals surface area contributed by atoms with Crippen LogP contribution in [0.15, 0.2) is 66.1 Å². The van der Waals surface area contributed by atoms with Crippen LogP contribution in [0.25, 0.3) is 5.69 Å². The number of nitrogens with one attached hydrogen (secondary N) is 1. The van der Waals surface area contributed by atoms with Crippen LogP contribution >= 0.6 is 23.1 Å². The molecule has 2 aromatic heterocycles. The van der Waals surface area contributed by atoms with Crippen LogP contribution in [0.3, 0.4) is 0 Å². The normalized spacial score (nSPS) is 10.8. The quantitative estimate of drug-likeness (QED) is 0.456. The van der Waals surface area contributed by atoms with E-state index in [4.69, 9.17) is 0 Å². The minimum atomic E-state index is -0.311. The van der Waals surface area contributed by atoms with E-state index in [1.807, 2.05) is 34.9 Å². The van der Waals surface area contributed by atoms with Crippen molar-refractivity contribution in [2.75, 3.05) is 0 Å². The van der Waals surface area contributed by atoms with Gasteiger partial charge in [0.1, 0.15) is 17.2 Å². The zero-order chi connectivity index (χ0) is 20.1. The van der Waals surface area contributed by atoms with Crippen molar-refractivity contribution in [3.05, 3.63) is 82.3 Å². The number of aromatic nitrogens is 5. The first kappa shape index (κ1) is 19.2.